The number of fused-ring (bicyclic) bond motifs is 2. The van der Waals surface area contributed by atoms with Crippen molar-refractivity contribution in [1.29, 1.82) is 0 Å². The van der Waals surface area contributed by atoms with E-state index in [0.29, 0.717) is 28.4 Å². The first-order valence-corrected chi connectivity index (χ1v) is 9.20. The Morgan fingerprint density at radius 1 is 1.00 bits per heavy atom. The molecule has 0 aromatic carbocycles. The van der Waals surface area contributed by atoms with Crippen LogP contribution in [0, 0.1) is 0 Å². The van der Waals surface area contributed by atoms with Crippen molar-refractivity contribution < 1.29 is 4.42 Å². The number of aromatic nitrogens is 7. The van der Waals surface area contributed by atoms with Gasteiger partial charge >= 0.3 is 0 Å². The summed E-state index contributed by atoms with van der Waals surface area (Å²) in [5, 5.41) is 7.45. The number of H-pyrrole nitrogens is 2. The van der Waals surface area contributed by atoms with Crippen LogP contribution in [0.5, 0.6) is 0 Å². The molecule has 0 aliphatic rings. The Labute approximate surface area is 169 Å². The van der Waals surface area contributed by atoms with Crippen LogP contribution in [-0.4, -0.2) is 35.1 Å². The lowest BCUT2D eigenvalue weighted by Crippen LogP contribution is -1.90. The maximum atomic E-state index is 5.87. The third-order valence-corrected chi connectivity index (χ3v) is 4.91. The normalized spacial score (nSPS) is 11.5. The number of pyridine rings is 3. The standard InChI is InChI=1S/C21H14N8O/c22-13-7-12(8-23-9-13)15-1-2-16-18(25-15)19(29-28-16)21-26-17-14(11-4-6-30-10-11)3-5-24-20(17)27-21/h1-10H,22H2,(H,28,29)(H,24,26,27). The van der Waals surface area contributed by atoms with E-state index in [1.807, 2.05) is 30.3 Å². The molecule has 0 fully saturated rings. The van der Waals surface area contributed by atoms with Crippen molar-refractivity contribution in [3.63, 3.8) is 0 Å². The van der Waals surface area contributed by atoms with Crippen LogP contribution in [0.2, 0.25) is 0 Å². The van der Waals surface area contributed by atoms with Crippen molar-refractivity contribution in [1.82, 2.24) is 35.1 Å². The Hall–Kier alpha value is -4.53. The molecule has 9 nitrogen and oxygen atoms in total. The molecule has 144 valence electrons. The second-order valence-electron chi connectivity index (χ2n) is 6.83. The van der Waals surface area contributed by atoms with Gasteiger partial charge in [-0.3, -0.25) is 10.1 Å². The molecular formula is C21H14N8O. The van der Waals surface area contributed by atoms with Gasteiger partial charge in [-0.1, -0.05) is 0 Å². The van der Waals surface area contributed by atoms with Gasteiger partial charge in [-0.25, -0.2) is 15.0 Å². The summed E-state index contributed by atoms with van der Waals surface area (Å²) in [5.41, 5.74) is 13.4. The molecule has 4 N–H and O–H groups in total. The van der Waals surface area contributed by atoms with Crippen molar-refractivity contribution in [3.8, 4) is 33.9 Å². The molecule has 0 radical (unpaired) electrons. The number of nitrogens with one attached hydrogen (secondary N) is 2. The van der Waals surface area contributed by atoms with Crippen LogP contribution >= 0.6 is 0 Å². The number of nitrogens with two attached hydrogens (primary N) is 1. The zero-order valence-corrected chi connectivity index (χ0v) is 15.5. The third-order valence-electron chi connectivity index (χ3n) is 4.91. The summed E-state index contributed by atoms with van der Waals surface area (Å²) in [6.07, 6.45) is 8.38. The van der Waals surface area contributed by atoms with E-state index in [2.05, 4.69) is 30.1 Å². The van der Waals surface area contributed by atoms with Crippen molar-refractivity contribution in [2.75, 3.05) is 5.73 Å². The van der Waals surface area contributed by atoms with E-state index < -0.39 is 0 Å². The van der Waals surface area contributed by atoms with Crippen LogP contribution in [0.15, 0.2) is 65.9 Å². The van der Waals surface area contributed by atoms with Crippen LogP contribution in [-0.2, 0) is 0 Å². The van der Waals surface area contributed by atoms with Crippen LogP contribution in [0.25, 0.3) is 56.1 Å². The smallest absolute Gasteiger partial charge is 0.178 e. The second kappa shape index (κ2) is 6.24. The van der Waals surface area contributed by atoms with Gasteiger partial charge in [0.1, 0.15) is 5.52 Å². The summed E-state index contributed by atoms with van der Waals surface area (Å²) in [5.74, 6) is 0.579. The lowest BCUT2D eigenvalue weighted by atomic mass is 10.1. The average molecular weight is 394 g/mol. The Kier molecular flexibility index (Phi) is 3.42. The van der Waals surface area contributed by atoms with E-state index >= 15 is 0 Å². The van der Waals surface area contributed by atoms with Gasteiger partial charge in [-0.2, -0.15) is 5.10 Å². The minimum Gasteiger partial charge on any atom is -0.472 e. The molecule has 6 aromatic heterocycles. The molecule has 9 heteroatoms. The van der Waals surface area contributed by atoms with Gasteiger partial charge in [-0.15, -0.1) is 0 Å². The quantitative estimate of drug-likeness (QED) is 0.415. The minimum atomic E-state index is 0.579. The largest absolute Gasteiger partial charge is 0.472 e. The van der Waals surface area contributed by atoms with E-state index in [9.17, 15) is 0 Å². The highest BCUT2D eigenvalue weighted by molar-refractivity contribution is 5.94. The first kappa shape index (κ1) is 16.4. The van der Waals surface area contributed by atoms with Crippen LogP contribution in [0.1, 0.15) is 0 Å². The van der Waals surface area contributed by atoms with Crippen LogP contribution in [0.3, 0.4) is 0 Å². The molecule has 0 spiro atoms. The molecule has 0 atom stereocenters. The van der Waals surface area contributed by atoms with Crippen molar-refractivity contribution >= 4 is 27.9 Å². The minimum absolute atomic E-state index is 0.579. The molecule has 0 bridgehead atoms. The highest BCUT2D eigenvalue weighted by Gasteiger charge is 2.17. The summed E-state index contributed by atoms with van der Waals surface area (Å²) in [6.45, 7) is 0. The highest BCUT2D eigenvalue weighted by Crippen LogP contribution is 2.31. The number of nitrogens with zero attached hydrogens (tertiary/aromatic N) is 5. The number of hydrogen-bond donors (Lipinski definition) is 3. The second-order valence-corrected chi connectivity index (χ2v) is 6.83. The zero-order valence-electron chi connectivity index (χ0n) is 15.5. The van der Waals surface area contributed by atoms with Gasteiger partial charge in [0.15, 0.2) is 17.2 Å². The summed E-state index contributed by atoms with van der Waals surface area (Å²) >= 11 is 0. The molecule has 0 aliphatic heterocycles. The van der Waals surface area contributed by atoms with Crippen molar-refractivity contribution in [2.45, 2.75) is 0 Å². The number of furan rings is 1. The van der Waals surface area contributed by atoms with Gasteiger partial charge in [-0.05, 0) is 30.3 Å². The maximum absolute atomic E-state index is 5.87. The summed E-state index contributed by atoms with van der Waals surface area (Å²) < 4.78 is 5.22. The highest BCUT2D eigenvalue weighted by atomic mass is 16.3. The van der Waals surface area contributed by atoms with Crippen LogP contribution in [0.4, 0.5) is 5.69 Å². The van der Waals surface area contributed by atoms with Crippen molar-refractivity contribution in [2.24, 2.45) is 0 Å². The average Bonchev–Trinajstić information content (AvgIpc) is 3.51. The van der Waals surface area contributed by atoms with E-state index in [-0.39, 0.29) is 0 Å². The van der Waals surface area contributed by atoms with Gasteiger partial charge in [0.05, 0.1) is 34.9 Å². The van der Waals surface area contributed by atoms with E-state index in [0.717, 1.165) is 33.4 Å². The van der Waals surface area contributed by atoms with Gasteiger partial charge in [0, 0.05) is 35.3 Å². The number of hydrogen-bond acceptors (Lipinski definition) is 7. The first-order chi connectivity index (χ1) is 14.8. The molecule has 0 unspecified atom stereocenters. The monoisotopic (exact) mass is 394 g/mol. The van der Waals surface area contributed by atoms with Gasteiger partial charge < -0.3 is 15.1 Å². The molecule has 30 heavy (non-hydrogen) atoms. The Bertz CT molecular complexity index is 1510. The molecule has 6 rings (SSSR count). The van der Waals surface area contributed by atoms with E-state index in [1.54, 1.807) is 31.1 Å². The van der Waals surface area contributed by atoms with E-state index in [4.69, 9.17) is 15.1 Å². The number of anilines is 1. The summed E-state index contributed by atoms with van der Waals surface area (Å²) in [4.78, 5) is 21.3. The Balaban J connectivity index is 1.52. The van der Waals surface area contributed by atoms with Crippen LogP contribution < -0.4 is 5.73 Å². The lowest BCUT2D eigenvalue weighted by molar-refractivity contribution is 0.568. The summed E-state index contributed by atoms with van der Waals surface area (Å²) in [7, 11) is 0. The molecule has 6 aromatic rings. The van der Waals surface area contributed by atoms with Gasteiger partial charge in [0.2, 0.25) is 0 Å². The summed E-state index contributed by atoms with van der Waals surface area (Å²) in [6, 6.07) is 9.48. The first-order valence-electron chi connectivity index (χ1n) is 9.20. The number of imidazole rings is 1. The lowest BCUT2D eigenvalue weighted by Gasteiger charge is -2.02. The third kappa shape index (κ3) is 2.53. The molecule has 0 saturated heterocycles. The van der Waals surface area contributed by atoms with E-state index in [1.165, 1.54) is 0 Å². The van der Waals surface area contributed by atoms with Gasteiger partial charge in [0.25, 0.3) is 0 Å². The number of aromatic amines is 2. The molecular weight excluding hydrogens is 380 g/mol. The SMILES string of the molecule is Nc1cncc(-c2ccc3[nH]nc(-c4nc5nccc(-c6ccoc6)c5[nH]4)c3n2)c1. The fourth-order valence-electron chi connectivity index (χ4n) is 3.50. The molecule has 6 heterocycles. The molecule has 0 amide bonds. The van der Waals surface area contributed by atoms with Crippen molar-refractivity contribution in [3.05, 3.63) is 61.4 Å². The zero-order chi connectivity index (χ0) is 20.1. The number of rotatable bonds is 3. The number of nitrogen functional groups attached to an aromatic ring is 1. The molecule has 0 saturated carbocycles. The maximum Gasteiger partial charge on any atom is 0.178 e. The topological polar surface area (TPSA) is 135 Å². The molecule has 0 aliphatic carbocycles. The predicted octanol–water partition coefficient (Wildman–Crippen LogP) is 3.80. The Morgan fingerprint density at radius 3 is 2.83 bits per heavy atom. The fourth-order valence-corrected chi connectivity index (χ4v) is 3.50. The fraction of sp³-hybridized carbons (Fsp3) is 0. The Morgan fingerprint density at radius 2 is 1.97 bits per heavy atom. The predicted molar refractivity (Wildman–Crippen MR) is 112 cm³/mol.